The first kappa shape index (κ1) is 25.9. The first-order valence-corrected chi connectivity index (χ1v) is 6.21. The van der Waals surface area contributed by atoms with Crippen molar-refractivity contribution >= 4 is 20.8 Å². The largest absolute Gasteiger partial charge is 4.00 e. The molecule has 0 amide bonds. The van der Waals surface area contributed by atoms with Gasteiger partial charge in [0.15, 0.2) is 0 Å². The molecule has 0 heterocycles. The summed E-state index contributed by atoms with van der Waals surface area (Å²) in [7, 11) is -10.3. The molecule has 0 unspecified atom stereocenters. The van der Waals surface area contributed by atoms with E-state index in [-0.39, 0.29) is 7.43 Å². The maximum absolute atomic E-state index is 8.52. The van der Waals surface area contributed by atoms with E-state index in [1.165, 1.54) is 0 Å². The van der Waals surface area contributed by atoms with Crippen LogP contribution in [0.1, 0.15) is 0 Å². The van der Waals surface area contributed by atoms with Crippen molar-refractivity contribution in [3.8, 4) is 0 Å². The molecule has 0 aromatic rings. The van der Waals surface area contributed by atoms with Crippen molar-refractivity contribution in [1.29, 1.82) is 0 Å². The molecule has 0 bridgehead atoms. The standard InChI is InChI=1S/C6H10O.C.2H2O4S/c1-3-5-7-6-4-2;;2*1-5(2,3)4/h3-4H,1-2,5-6H2;;2*(H2,1,2,3,4)/q;+4;;/p-4. The third-order valence-electron chi connectivity index (χ3n) is 0.471. The van der Waals surface area contributed by atoms with Crippen molar-refractivity contribution in [1.82, 2.24) is 0 Å². The molecular weight excluding hydrogens is 292 g/mol. The predicted molar refractivity (Wildman–Crippen MR) is 55.4 cm³/mol. The fourth-order valence-corrected chi connectivity index (χ4v) is 0.235. The Morgan fingerprint density at radius 1 is 0.833 bits per heavy atom. The Bertz CT molecular complexity index is 327. The topological polar surface area (TPSA) is 170 Å². The summed E-state index contributed by atoms with van der Waals surface area (Å²) in [6.45, 7) is 8.18. The van der Waals surface area contributed by atoms with Crippen LogP contribution in [0.15, 0.2) is 25.3 Å². The number of hydrogen-bond acceptors (Lipinski definition) is 9. The molecule has 0 aliphatic rings. The van der Waals surface area contributed by atoms with E-state index in [0.29, 0.717) is 13.2 Å². The summed E-state index contributed by atoms with van der Waals surface area (Å²) in [6.07, 6.45) is 3.42. The van der Waals surface area contributed by atoms with E-state index in [1.54, 1.807) is 12.2 Å². The minimum Gasteiger partial charge on any atom is -0.759 e. The van der Waals surface area contributed by atoms with Crippen LogP contribution in [-0.4, -0.2) is 48.3 Å². The van der Waals surface area contributed by atoms with Crippen molar-refractivity contribution in [2.45, 2.75) is 0 Å². The molecule has 0 aliphatic heterocycles. The van der Waals surface area contributed by atoms with Gasteiger partial charge in [-0.05, 0) is 0 Å². The molecule has 0 saturated heterocycles. The second kappa shape index (κ2) is 14.2. The molecule has 0 rings (SSSR count). The molecule has 18 heavy (non-hydrogen) atoms. The van der Waals surface area contributed by atoms with Crippen LogP contribution in [0.3, 0.4) is 0 Å². The van der Waals surface area contributed by atoms with Crippen molar-refractivity contribution in [2.24, 2.45) is 0 Å². The van der Waals surface area contributed by atoms with Gasteiger partial charge >= 0.3 is 7.43 Å². The number of ether oxygens (including phenoxy) is 1. The SMILES string of the molecule is C=CCOCC=C.O=S(=O)([O-])[O-].O=S(=O)([O-])[O-].[C+4]. The van der Waals surface area contributed by atoms with Crippen LogP contribution in [-0.2, 0) is 25.5 Å². The summed E-state index contributed by atoms with van der Waals surface area (Å²) in [6, 6.07) is 0. The second-order valence-electron chi connectivity index (χ2n) is 1.93. The van der Waals surface area contributed by atoms with Crippen LogP contribution in [0.2, 0.25) is 0 Å². The molecule has 11 heteroatoms. The molecule has 0 aromatic carbocycles. The third kappa shape index (κ3) is 302. The average Bonchev–Trinajstić information content (AvgIpc) is 1.99. The molecule has 0 radical (unpaired) electrons. The zero-order valence-corrected chi connectivity index (χ0v) is 10.6. The first-order valence-electron chi connectivity index (χ1n) is 3.54. The van der Waals surface area contributed by atoms with Gasteiger partial charge in [-0.1, -0.05) is 12.2 Å². The van der Waals surface area contributed by atoms with E-state index < -0.39 is 20.8 Å². The van der Waals surface area contributed by atoms with Crippen molar-refractivity contribution in [2.75, 3.05) is 13.2 Å². The zero-order chi connectivity index (χ0) is 14.5. The Morgan fingerprint density at radius 3 is 1.11 bits per heavy atom. The quantitative estimate of drug-likeness (QED) is 0.267. The zero-order valence-electron chi connectivity index (χ0n) is 8.97. The van der Waals surface area contributed by atoms with Gasteiger partial charge in [-0.15, -0.1) is 13.2 Å². The molecule has 9 nitrogen and oxygen atoms in total. The van der Waals surface area contributed by atoms with Crippen LogP contribution in [0.4, 0.5) is 0 Å². The third-order valence-corrected chi connectivity index (χ3v) is 0.471. The van der Waals surface area contributed by atoms with Crippen LogP contribution >= 0.6 is 0 Å². The van der Waals surface area contributed by atoms with E-state index in [2.05, 4.69) is 13.2 Å². The van der Waals surface area contributed by atoms with Gasteiger partial charge in [0.1, 0.15) is 0 Å². The second-order valence-corrected chi connectivity index (χ2v) is 3.56. The van der Waals surface area contributed by atoms with Crippen molar-refractivity contribution in [3.05, 3.63) is 32.7 Å². The molecule has 0 spiro atoms. The minimum absolute atomic E-state index is 0. The minimum atomic E-state index is -5.17. The van der Waals surface area contributed by atoms with Gasteiger partial charge in [0.2, 0.25) is 0 Å². The summed E-state index contributed by atoms with van der Waals surface area (Å²) in [5.74, 6) is 0. The fourth-order valence-electron chi connectivity index (χ4n) is 0.235. The van der Waals surface area contributed by atoms with Gasteiger partial charge in [-0.3, -0.25) is 16.8 Å². The normalized spacial score (nSPS) is 9.56. The maximum Gasteiger partial charge on any atom is 4.00 e. The summed E-state index contributed by atoms with van der Waals surface area (Å²) in [4.78, 5) is 0. The van der Waals surface area contributed by atoms with E-state index >= 15 is 0 Å². The molecular formula is C7H10O9S2. The average molecular weight is 302 g/mol. The van der Waals surface area contributed by atoms with Crippen LogP contribution in [0, 0.1) is 7.43 Å². The molecule has 0 N–H and O–H groups in total. The van der Waals surface area contributed by atoms with Gasteiger partial charge in [-0.25, -0.2) is 0 Å². The molecule has 0 aromatic heterocycles. The van der Waals surface area contributed by atoms with Crippen molar-refractivity contribution < 1.29 is 39.8 Å². The summed E-state index contributed by atoms with van der Waals surface area (Å²) in [5.41, 5.74) is 0. The molecule has 0 aliphatic carbocycles. The summed E-state index contributed by atoms with van der Waals surface area (Å²) in [5, 5.41) is 0. The monoisotopic (exact) mass is 302 g/mol. The van der Waals surface area contributed by atoms with E-state index in [1.807, 2.05) is 0 Å². The van der Waals surface area contributed by atoms with E-state index in [0.717, 1.165) is 0 Å². The molecule has 0 atom stereocenters. The Labute approximate surface area is 107 Å². The van der Waals surface area contributed by atoms with Crippen LogP contribution in [0.5, 0.6) is 0 Å². The first-order chi connectivity index (χ1) is 7.41. The smallest absolute Gasteiger partial charge is 0.759 e. The maximum atomic E-state index is 8.52. The molecule has 0 saturated carbocycles. The van der Waals surface area contributed by atoms with Gasteiger partial charge in [-0.2, -0.15) is 0 Å². The Kier molecular flexibility index (Phi) is 20.5. The number of hydrogen-bond donors (Lipinski definition) is 0. The molecule has 0 fully saturated rings. The number of rotatable bonds is 4. The van der Waals surface area contributed by atoms with Gasteiger partial charge in [0.25, 0.3) is 0 Å². The van der Waals surface area contributed by atoms with Gasteiger partial charge < -0.3 is 22.9 Å². The van der Waals surface area contributed by atoms with E-state index in [9.17, 15) is 0 Å². The summed E-state index contributed by atoms with van der Waals surface area (Å²) < 4.78 is 73.1. The van der Waals surface area contributed by atoms with Gasteiger partial charge in [0.05, 0.1) is 13.2 Å². The Balaban J connectivity index is -0.0000000813. The summed E-state index contributed by atoms with van der Waals surface area (Å²) >= 11 is 0. The van der Waals surface area contributed by atoms with Crippen LogP contribution in [0.25, 0.3) is 0 Å². The predicted octanol–water partition coefficient (Wildman–Crippen LogP) is -1.22. The Hall–Kier alpha value is -0.820. The fraction of sp³-hybridized carbons (Fsp3) is 0.286. The van der Waals surface area contributed by atoms with E-state index in [4.69, 9.17) is 39.8 Å². The molecule has 104 valence electrons. The Morgan fingerprint density at radius 2 is 1.00 bits per heavy atom. The van der Waals surface area contributed by atoms with Gasteiger partial charge in [0, 0.05) is 20.8 Å². The van der Waals surface area contributed by atoms with Crippen molar-refractivity contribution in [3.63, 3.8) is 0 Å². The van der Waals surface area contributed by atoms with Crippen LogP contribution < -0.4 is 0 Å².